The number of carbonyl (C=O) groups is 2. The summed E-state index contributed by atoms with van der Waals surface area (Å²) in [4.78, 5) is 22.0. The summed E-state index contributed by atoms with van der Waals surface area (Å²) < 4.78 is 5.79. The summed E-state index contributed by atoms with van der Waals surface area (Å²) in [6, 6.07) is 11.1. The molecule has 0 atom stereocenters. The van der Waals surface area contributed by atoms with Crippen molar-refractivity contribution in [3.63, 3.8) is 0 Å². The van der Waals surface area contributed by atoms with Crippen molar-refractivity contribution in [3.05, 3.63) is 52.5 Å². The van der Waals surface area contributed by atoms with Gasteiger partial charge in [0.15, 0.2) is 0 Å². The van der Waals surface area contributed by atoms with E-state index in [1.165, 1.54) is 0 Å². The Balaban J connectivity index is 2.37. The number of carboxylic acid groups (broad SMARTS) is 1. The van der Waals surface area contributed by atoms with Gasteiger partial charge in [-0.05, 0) is 48.2 Å². The summed E-state index contributed by atoms with van der Waals surface area (Å²) >= 11 is 5.97. The van der Waals surface area contributed by atoms with Crippen molar-refractivity contribution in [1.82, 2.24) is 0 Å². The van der Waals surface area contributed by atoms with E-state index < -0.39 is 5.97 Å². The van der Waals surface area contributed by atoms with Crippen LogP contribution < -0.4 is 4.74 Å². The maximum Gasteiger partial charge on any atom is 0.303 e. The Morgan fingerprint density at radius 3 is 2.56 bits per heavy atom. The van der Waals surface area contributed by atoms with Gasteiger partial charge in [-0.25, -0.2) is 0 Å². The molecule has 5 heteroatoms. The fourth-order valence-electron chi connectivity index (χ4n) is 2.62. The Kier molecular flexibility index (Phi) is 7.02. The standard InChI is InChI=1S/C20H21ClO4/c1-2-4-15-11-18(14-6-8-17(21)9-7-14)19(12-16(15)13-22)25-10-3-5-20(23)24/h6-9,11-13H,2-5,10H2,1H3,(H,23,24). The molecule has 2 rings (SSSR count). The number of benzene rings is 2. The van der Waals surface area contributed by atoms with E-state index in [1.807, 2.05) is 18.2 Å². The molecule has 0 aliphatic heterocycles. The van der Waals surface area contributed by atoms with Crippen molar-refractivity contribution >= 4 is 23.9 Å². The number of aldehydes is 1. The average molecular weight is 361 g/mol. The SMILES string of the molecule is CCCc1cc(-c2ccc(Cl)cc2)c(OCCCC(=O)O)cc1C=O. The molecule has 0 unspecified atom stereocenters. The summed E-state index contributed by atoms with van der Waals surface area (Å²) in [7, 11) is 0. The molecular formula is C20H21ClO4. The van der Waals surface area contributed by atoms with Gasteiger partial charge in [0.25, 0.3) is 0 Å². The molecule has 0 aliphatic carbocycles. The first-order chi connectivity index (χ1) is 12.0. The normalized spacial score (nSPS) is 10.5. The smallest absolute Gasteiger partial charge is 0.303 e. The fourth-order valence-corrected chi connectivity index (χ4v) is 2.74. The lowest BCUT2D eigenvalue weighted by atomic mass is 9.96. The van der Waals surface area contributed by atoms with Gasteiger partial charge in [-0.15, -0.1) is 0 Å². The van der Waals surface area contributed by atoms with Gasteiger partial charge < -0.3 is 9.84 Å². The van der Waals surface area contributed by atoms with Crippen LogP contribution in [0.25, 0.3) is 11.1 Å². The van der Waals surface area contributed by atoms with Crippen molar-refractivity contribution in [1.29, 1.82) is 0 Å². The molecule has 25 heavy (non-hydrogen) atoms. The summed E-state index contributed by atoms with van der Waals surface area (Å²) in [6.45, 7) is 2.34. The number of ether oxygens (including phenoxy) is 1. The van der Waals surface area contributed by atoms with Crippen LogP contribution in [0.3, 0.4) is 0 Å². The van der Waals surface area contributed by atoms with Crippen LogP contribution >= 0.6 is 11.6 Å². The summed E-state index contributed by atoms with van der Waals surface area (Å²) in [5.74, 6) is -0.275. The summed E-state index contributed by atoms with van der Waals surface area (Å²) in [6.07, 6.45) is 3.02. The molecule has 0 radical (unpaired) electrons. The van der Waals surface area contributed by atoms with Crippen LogP contribution in [0.2, 0.25) is 5.02 Å². The first-order valence-corrected chi connectivity index (χ1v) is 8.65. The summed E-state index contributed by atoms with van der Waals surface area (Å²) in [5, 5.41) is 9.38. The van der Waals surface area contributed by atoms with Gasteiger partial charge in [0, 0.05) is 22.6 Å². The van der Waals surface area contributed by atoms with Gasteiger partial charge >= 0.3 is 5.97 Å². The number of carboxylic acids is 1. The highest BCUT2D eigenvalue weighted by Gasteiger charge is 2.13. The lowest BCUT2D eigenvalue weighted by molar-refractivity contribution is -0.137. The highest BCUT2D eigenvalue weighted by Crippen LogP contribution is 2.34. The Bertz CT molecular complexity index is 738. The van der Waals surface area contributed by atoms with Gasteiger partial charge in [0.2, 0.25) is 0 Å². The number of rotatable bonds is 9. The third kappa shape index (κ3) is 5.33. The van der Waals surface area contributed by atoms with Gasteiger partial charge in [-0.2, -0.15) is 0 Å². The second-order valence-electron chi connectivity index (χ2n) is 5.77. The van der Waals surface area contributed by atoms with E-state index >= 15 is 0 Å². The minimum absolute atomic E-state index is 0.0464. The highest BCUT2D eigenvalue weighted by molar-refractivity contribution is 6.30. The molecule has 2 aromatic rings. The van der Waals surface area contributed by atoms with Crippen molar-refractivity contribution in [2.45, 2.75) is 32.6 Å². The van der Waals surface area contributed by atoms with Crippen molar-refractivity contribution in [3.8, 4) is 16.9 Å². The van der Waals surface area contributed by atoms with E-state index in [0.29, 0.717) is 22.8 Å². The molecule has 0 heterocycles. The molecule has 0 amide bonds. The zero-order valence-electron chi connectivity index (χ0n) is 14.1. The van der Waals surface area contributed by atoms with Gasteiger partial charge in [0.05, 0.1) is 6.61 Å². The molecule has 4 nitrogen and oxygen atoms in total. The minimum Gasteiger partial charge on any atom is -0.493 e. The van der Waals surface area contributed by atoms with Crippen LogP contribution in [-0.4, -0.2) is 24.0 Å². The Hall–Kier alpha value is -2.33. The second kappa shape index (κ2) is 9.23. The quantitative estimate of drug-likeness (QED) is 0.504. The molecule has 0 aromatic heterocycles. The molecule has 0 bridgehead atoms. The predicted octanol–water partition coefficient (Wildman–Crippen LogP) is 5.02. The number of hydrogen-bond donors (Lipinski definition) is 1. The van der Waals surface area contributed by atoms with E-state index in [0.717, 1.165) is 35.8 Å². The van der Waals surface area contributed by atoms with Crippen LogP contribution in [0.15, 0.2) is 36.4 Å². The Labute approximate surface area is 152 Å². The van der Waals surface area contributed by atoms with Gasteiger partial charge in [0.1, 0.15) is 12.0 Å². The predicted molar refractivity (Wildman–Crippen MR) is 98.6 cm³/mol. The molecule has 132 valence electrons. The number of aryl methyl sites for hydroxylation is 1. The maximum atomic E-state index is 11.4. The summed E-state index contributed by atoms with van der Waals surface area (Å²) in [5.41, 5.74) is 3.39. The lowest BCUT2D eigenvalue weighted by Gasteiger charge is -2.15. The first kappa shape index (κ1) is 19.0. The molecule has 0 saturated heterocycles. The molecule has 0 aliphatic rings. The number of halogens is 1. The van der Waals surface area contributed by atoms with Crippen LogP contribution in [0.5, 0.6) is 5.75 Å². The molecule has 0 fully saturated rings. The topological polar surface area (TPSA) is 63.6 Å². The fraction of sp³-hybridized carbons (Fsp3) is 0.300. The molecule has 2 aromatic carbocycles. The molecule has 1 N–H and O–H groups in total. The Morgan fingerprint density at radius 2 is 1.96 bits per heavy atom. The molecule has 0 spiro atoms. The van der Waals surface area contributed by atoms with Crippen molar-refractivity contribution < 1.29 is 19.4 Å². The number of hydrogen-bond acceptors (Lipinski definition) is 3. The third-order valence-electron chi connectivity index (χ3n) is 3.84. The zero-order chi connectivity index (χ0) is 18.2. The van der Waals surface area contributed by atoms with E-state index in [-0.39, 0.29) is 13.0 Å². The van der Waals surface area contributed by atoms with Crippen LogP contribution in [0.1, 0.15) is 42.1 Å². The maximum absolute atomic E-state index is 11.4. The lowest BCUT2D eigenvalue weighted by Crippen LogP contribution is -2.04. The van der Waals surface area contributed by atoms with Crippen molar-refractivity contribution in [2.24, 2.45) is 0 Å². The van der Waals surface area contributed by atoms with E-state index in [4.69, 9.17) is 21.4 Å². The third-order valence-corrected chi connectivity index (χ3v) is 4.09. The van der Waals surface area contributed by atoms with E-state index in [2.05, 4.69) is 6.92 Å². The monoisotopic (exact) mass is 360 g/mol. The first-order valence-electron chi connectivity index (χ1n) is 8.27. The zero-order valence-corrected chi connectivity index (χ0v) is 14.9. The highest BCUT2D eigenvalue weighted by atomic mass is 35.5. The number of carbonyl (C=O) groups excluding carboxylic acids is 1. The second-order valence-corrected chi connectivity index (χ2v) is 6.20. The largest absolute Gasteiger partial charge is 0.493 e. The van der Waals surface area contributed by atoms with Crippen LogP contribution in [0, 0.1) is 0 Å². The average Bonchev–Trinajstić information content (AvgIpc) is 2.60. The van der Waals surface area contributed by atoms with Gasteiger partial charge in [-0.3, -0.25) is 9.59 Å². The van der Waals surface area contributed by atoms with Crippen LogP contribution in [0.4, 0.5) is 0 Å². The van der Waals surface area contributed by atoms with Gasteiger partial charge in [-0.1, -0.05) is 37.1 Å². The van der Waals surface area contributed by atoms with E-state index in [1.54, 1.807) is 18.2 Å². The minimum atomic E-state index is -0.853. The molecule has 0 saturated carbocycles. The van der Waals surface area contributed by atoms with Crippen molar-refractivity contribution in [2.75, 3.05) is 6.61 Å². The van der Waals surface area contributed by atoms with Crippen LogP contribution in [-0.2, 0) is 11.2 Å². The number of aliphatic carboxylic acids is 1. The molecular weight excluding hydrogens is 340 g/mol. The van der Waals surface area contributed by atoms with E-state index in [9.17, 15) is 9.59 Å². The Morgan fingerprint density at radius 1 is 1.24 bits per heavy atom.